The Hall–Kier alpha value is -1.86. The fourth-order valence-electron chi connectivity index (χ4n) is 2.13. The van der Waals surface area contributed by atoms with Crippen molar-refractivity contribution in [3.8, 4) is 11.8 Å². The third-order valence-electron chi connectivity index (χ3n) is 3.51. The third kappa shape index (κ3) is 4.30. The van der Waals surface area contributed by atoms with Crippen LogP contribution in [-0.2, 0) is 0 Å². The van der Waals surface area contributed by atoms with E-state index in [1.54, 1.807) is 11.0 Å². The standard InChI is InChI=1S/C17H20FNO2/c1-2-19(12-14-6-7-14)17(21)15-11-13(5-3-4-10-20)8-9-16(15)18/h8-9,11,14,20H,2,4,6-7,10,12H2,1H3. The molecule has 1 aliphatic carbocycles. The second-order valence-corrected chi connectivity index (χ2v) is 5.26. The fraction of sp³-hybridized carbons (Fsp3) is 0.471. The normalized spacial score (nSPS) is 13.5. The number of hydrogen-bond donors (Lipinski definition) is 1. The van der Waals surface area contributed by atoms with E-state index in [-0.39, 0.29) is 18.1 Å². The molecule has 1 amide bonds. The summed E-state index contributed by atoms with van der Waals surface area (Å²) in [6.45, 7) is 3.18. The minimum absolute atomic E-state index is 0.00895. The Bertz CT molecular complexity index is 570. The molecule has 0 aliphatic heterocycles. The number of aliphatic hydroxyl groups excluding tert-OH is 1. The van der Waals surface area contributed by atoms with Gasteiger partial charge in [0.05, 0.1) is 12.2 Å². The molecule has 1 aromatic rings. The second kappa shape index (κ2) is 7.24. The largest absolute Gasteiger partial charge is 0.395 e. The monoisotopic (exact) mass is 289 g/mol. The lowest BCUT2D eigenvalue weighted by Gasteiger charge is -2.21. The van der Waals surface area contributed by atoms with Crippen LogP contribution in [0.5, 0.6) is 0 Å². The minimum Gasteiger partial charge on any atom is -0.395 e. The van der Waals surface area contributed by atoms with Gasteiger partial charge in [0.15, 0.2) is 0 Å². The molecule has 3 nitrogen and oxygen atoms in total. The maximum Gasteiger partial charge on any atom is 0.256 e. The summed E-state index contributed by atoms with van der Waals surface area (Å²) in [7, 11) is 0. The van der Waals surface area contributed by atoms with Gasteiger partial charge in [0.1, 0.15) is 5.82 Å². The van der Waals surface area contributed by atoms with Crippen molar-refractivity contribution in [2.45, 2.75) is 26.2 Å². The molecule has 1 fully saturated rings. The molecule has 4 heteroatoms. The van der Waals surface area contributed by atoms with Crippen LogP contribution in [0.4, 0.5) is 4.39 Å². The van der Waals surface area contributed by atoms with Crippen molar-refractivity contribution in [3.05, 3.63) is 35.1 Å². The second-order valence-electron chi connectivity index (χ2n) is 5.26. The summed E-state index contributed by atoms with van der Waals surface area (Å²) in [4.78, 5) is 14.1. The van der Waals surface area contributed by atoms with Gasteiger partial charge in [-0.2, -0.15) is 0 Å². The Morgan fingerprint density at radius 3 is 2.86 bits per heavy atom. The Labute approximate surface area is 124 Å². The highest BCUT2D eigenvalue weighted by molar-refractivity contribution is 5.94. The van der Waals surface area contributed by atoms with Gasteiger partial charge in [0.2, 0.25) is 0 Å². The minimum atomic E-state index is -0.512. The first kappa shape index (κ1) is 15.5. The highest BCUT2D eigenvalue weighted by Gasteiger charge is 2.27. The van der Waals surface area contributed by atoms with Gasteiger partial charge in [-0.1, -0.05) is 11.8 Å². The maximum absolute atomic E-state index is 13.9. The Balaban J connectivity index is 2.18. The Kier molecular flexibility index (Phi) is 5.35. The first-order valence-corrected chi connectivity index (χ1v) is 7.34. The Morgan fingerprint density at radius 2 is 2.24 bits per heavy atom. The summed E-state index contributed by atoms with van der Waals surface area (Å²) in [5, 5.41) is 8.70. The van der Waals surface area contributed by atoms with E-state index in [4.69, 9.17) is 5.11 Å². The molecule has 0 spiro atoms. The lowest BCUT2D eigenvalue weighted by molar-refractivity contribution is 0.0752. The summed E-state index contributed by atoms with van der Waals surface area (Å²) >= 11 is 0. The highest BCUT2D eigenvalue weighted by atomic mass is 19.1. The predicted molar refractivity (Wildman–Crippen MR) is 79.3 cm³/mol. The number of halogens is 1. The van der Waals surface area contributed by atoms with Crippen LogP contribution in [0.3, 0.4) is 0 Å². The molecule has 0 unspecified atom stereocenters. The number of rotatable bonds is 5. The zero-order valence-electron chi connectivity index (χ0n) is 12.2. The van der Waals surface area contributed by atoms with Crippen molar-refractivity contribution in [2.75, 3.05) is 19.7 Å². The Morgan fingerprint density at radius 1 is 1.48 bits per heavy atom. The molecule has 0 radical (unpaired) electrons. The van der Waals surface area contributed by atoms with Crippen molar-refractivity contribution < 1.29 is 14.3 Å². The molecule has 0 aromatic heterocycles. The van der Waals surface area contributed by atoms with Crippen LogP contribution in [0.2, 0.25) is 0 Å². The summed E-state index contributed by atoms with van der Waals surface area (Å²) in [6, 6.07) is 4.33. The number of carbonyl (C=O) groups is 1. The van der Waals surface area contributed by atoms with Gasteiger partial charge in [-0.3, -0.25) is 4.79 Å². The van der Waals surface area contributed by atoms with E-state index in [2.05, 4.69) is 11.8 Å². The molecule has 1 aliphatic rings. The lowest BCUT2D eigenvalue weighted by Crippen LogP contribution is -2.33. The zero-order chi connectivity index (χ0) is 15.2. The average molecular weight is 289 g/mol. The average Bonchev–Trinajstić information content (AvgIpc) is 3.30. The quantitative estimate of drug-likeness (QED) is 0.846. The molecule has 0 heterocycles. The van der Waals surface area contributed by atoms with E-state index >= 15 is 0 Å². The molecule has 112 valence electrons. The number of carbonyl (C=O) groups excluding carboxylic acids is 1. The van der Waals surface area contributed by atoms with Gasteiger partial charge in [0, 0.05) is 25.1 Å². The summed E-state index contributed by atoms with van der Waals surface area (Å²) in [5.41, 5.74) is 0.670. The van der Waals surface area contributed by atoms with Gasteiger partial charge in [0.25, 0.3) is 5.91 Å². The van der Waals surface area contributed by atoms with Crippen molar-refractivity contribution in [2.24, 2.45) is 5.92 Å². The van der Waals surface area contributed by atoms with E-state index in [9.17, 15) is 9.18 Å². The summed E-state index contributed by atoms with van der Waals surface area (Å²) in [5.74, 6) is 5.40. The van der Waals surface area contributed by atoms with Gasteiger partial charge in [-0.05, 0) is 43.9 Å². The predicted octanol–water partition coefficient (Wildman–Crippen LogP) is 2.43. The molecule has 1 saturated carbocycles. The van der Waals surface area contributed by atoms with Crippen molar-refractivity contribution in [3.63, 3.8) is 0 Å². The topological polar surface area (TPSA) is 40.5 Å². The van der Waals surface area contributed by atoms with Crippen LogP contribution in [0, 0.1) is 23.6 Å². The highest BCUT2D eigenvalue weighted by Crippen LogP contribution is 2.30. The number of nitrogens with zero attached hydrogens (tertiary/aromatic N) is 1. The van der Waals surface area contributed by atoms with E-state index in [0.717, 1.165) is 12.8 Å². The number of amides is 1. The van der Waals surface area contributed by atoms with E-state index in [1.165, 1.54) is 12.1 Å². The molecular formula is C17H20FNO2. The molecule has 1 N–H and O–H groups in total. The SMILES string of the molecule is CCN(CC1CC1)C(=O)c1cc(C#CCCO)ccc1F. The van der Waals surface area contributed by atoms with Crippen LogP contribution in [0.15, 0.2) is 18.2 Å². The van der Waals surface area contributed by atoms with Crippen molar-refractivity contribution in [1.82, 2.24) is 4.90 Å². The molecule has 0 saturated heterocycles. The number of aliphatic hydroxyl groups is 1. The van der Waals surface area contributed by atoms with E-state index in [0.29, 0.717) is 31.0 Å². The molecule has 1 aromatic carbocycles. The van der Waals surface area contributed by atoms with Gasteiger partial charge in [-0.15, -0.1) is 0 Å². The van der Waals surface area contributed by atoms with Crippen molar-refractivity contribution in [1.29, 1.82) is 0 Å². The first-order chi connectivity index (χ1) is 10.2. The third-order valence-corrected chi connectivity index (χ3v) is 3.51. The lowest BCUT2D eigenvalue weighted by atomic mass is 10.1. The van der Waals surface area contributed by atoms with Gasteiger partial charge < -0.3 is 10.0 Å². The molecule has 21 heavy (non-hydrogen) atoms. The maximum atomic E-state index is 13.9. The van der Waals surface area contributed by atoms with Crippen LogP contribution >= 0.6 is 0 Å². The van der Waals surface area contributed by atoms with E-state index in [1.807, 2.05) is 6.92 Å². The molecule has 0 atom stereocenters. The van der Waals surface area contributed by atoms with Crippen LogP contribution in [0.25, 0.3) is 0 Å². The van der Waals surface area contributed by atoms with E-state index < -0.39 is 5.82 Å². The molecule has 0 bridgehead atoms. The van der Waals surface area contributed by atoms with Crippen LogP contribution < -0.4 is 0 Å². The fourth-order valence-corrected chi connectivity index (χ4v) is 2.13. The van der Waals surface area contributed by atoms with Crippen molar-refractivity contribution >= 4 is 5.91 Å². The van der Waals surface area contributed by atoms with Gasteiger partial charge in [-0.25, -0.2) is 4.39 Å². The summed E-state index contributed by atoms with van der Waals surface area (Å²) < 4.78 is 13.9. The smallest absolute Gasteiger partial charge is 0.256 e. The van der Waals surface area contributed by atoms with Crippen LogP contribution in [0.1, 0.15) is 42.1 Å². The van der Waals surface area contributed by atoms with Crippen LogP contribution in [-0.4, -0.2) is 35.6 Å². The summed E-state index contributed by atoms with van der Waals surface area (Å²) in [6.07, 6.45) is 2.67. The first-order valence-electron chi connectivity index (χ1n) is 7.34. The van der Waals surface area contributed by atoms with Gasteiger partial charge >= 0.3 is 0 Å². The molecule has 2 rings (SSSR count). The zero-order valence-corrected chi connectivity index (χ0v) is 12.2. The molecular weight excluding hydrogens is 269 g/mol. The number of hydrogen-bond acceptors (Lipinski definition) is 2. The number of benzene rings is 1.